The molecule has 0 saturated carbocycles. The van der Waals surface area contributed by atoms with E-state index in [-0.39, 0.29) is 12.4 Å². The van der Waals surface area contributed by atoms with Gasteiger partial charge >= 0.3 is 0 Å². The lowest BCUT2D eigenvalue weighted by Gasteiger charge is -2.26. The van der Waals surface area contributed by atoms with E-state index in [1.165, 1.54) is 54.9 Å². The number of hydrazone groups is 1. The fraction of sp³-hybridized carbons (Fsp3) is 0.265. The summed E-state index contributed by atoms with van der Waals surface area (Å²) in [6.45, 7) is 6.34. The average Bonchev–Trinajstić information content (AvgIpc) is 3.64. The van der Waals surface area contributed by atoms with Gasteiger partial charge in [0.15, 0.2) is 0 Å². The van der Waals surface area contributed by atoms with Gasteiger partial charge in [0.05, 0.1) is 29.7 Å². The van der Waals surface area contributed by atoms with Gasteiger partial charge in [0.2, 0.25) is 0 Å². The third-order valence-corrected chi connectivity index (χ3v) is 10.7. The van der Waals surface area contributed by atoms with Crippen LogP contribution < -0.4 is 15.4 Å². The topological polar surface area (TPSA) is 30.9 Å². The summed E-state index contributed by atoms with van der Waals surface area (Å²) in [6, 6.07) is 35.3. The molecule has 8 rings (SSSR count). The lowest BCUT2D eigenvalue weighted by Crippen LogP contribution is -2.32. The highest BCUT2D eigenvalue weighted by Crippen LogP contribution is 2.43. The smallest absolute Gasteiger partial charge is 0.0750 e. The van der Waals surface area contributed by atoms with E-state index < -0.39 is 0 Å². The van der Waals surface area contributed by atoms with Gasteiger partial charge in [0.25, 0.3) is 0 Å². The van der Waals surface area contributed by atoms with Gasteiger partial charge in [0, 0.05) is 45.2 Å². The first-order valence-corrected chi connectivity index (χ1v) is 16.1. The molecular weight excluding hydrogens is 564 g/mol. The molecule has 7 heteroatoms. The molecule has 3 atom stereocenters. The number of aryl methyl sites for hydroxylation is 2. The van der Waals surface area contributed by atoms with Crippen LogP contribution in [0.25, 0.3) is 0 Å². The summed E-state index contributed by atoms with van der Waals surface area (Å²) in [5.41, 5.74) is 12.8. The van der Waals surface area contributed by atoms with Crippen molar-refractivity contribution in [1.29, 1.82) is 0 Å². The van der Waals surface area contributed by atoms with Gasteiger partial charge in [-0.3, -0.25) is 5.01 Å². The fourth-order valence-electron chi connectivity index (χ4n) is 5.94. The van der Waals surface area contributed by atoms with E-state index >= 15 is 0 Å². The monoisotopic (exact) mass is 598 g/mol. The van der Waals surface area contributed by atoms with E-state index in [4.69, 9.17) is 5.10 Å². The van der Waals surface area contributed by atoms with Crippen molar-refractivity contribution in [2.24, 2.45) is 16.9 Å². The number of rotatable bonds is 2. The third kappa shape index (κ3) is 5.76. The Kier molecular flexibility index (Phi) is 8.36. The SMILES string of the molecule is Cc1ccc(N2CC3CSc4ccccc4C3=N2)cc1.Cc1ccc(N2CC3CSc4ccccc4C3N2)cc1.Cl. The first kappa shape index (κ1) is 28.2. The van der Waals surface area contributed by atoms with Gasteiger partial charge in [-0.1, -0.05) is 71.8 Å². The normalized spacial score (nSPS) is 21.8. The Morgan fingerprint density at radius 1 is 0.707 bits per heavy atom. The minimum Gasteiger partial charge on any atom is -0.307 e. The number of nitrogens with zero attached hydrogens (tertiary/aromatic N) is 3. The summed E-state index contributed by atoms with van der Waals surface area (Å²) in [7, 11) is 0. The second kappa shape index (κ2) is 12.1. The molecule has 4 aromatic carbocycles. The zero-order chi connectivity index (χ0) is 27.1. The molecule has 0 amide bonds. The van der Waals surface area contributed by atoms with E-state index in [0.29, 0.717) is 17.9 Å². The summed E-state index contributed by atoms with van der Waals surface area (Å²) in [6.07, 6.45) is 0. The van der Waals surface area contributed by atoms with Crippen LogP contribution in [0.3, 0.4) is 0 Å². The van der Waals surface area contributed by atoms with Crippen LogP contribution in [0, 0.1) is 25.7 Å². The number of fused-ring (bicyclic) bond motifs is 6. The number of anilines is 2. The lowest BCUT2D eigenvalue weighted by molar-refractivity contribution is 0.507. The maximum atomic E-state index is 4.89. The highest BCUT2D eigenvalue weighted by atomic mass is 35.5. The van der Waals surface area contributed by atoms with E-state index in [0.717, 1.165) is 18.8 Å². The molecule has 41 heavy (non-hydrogen) atoms. The van der Waals surface area contributed by atoms with Gasteiger partial charge in [-0.25, -0.2) is 5.43 Å². The fourth-order valence-corrected chi connectivity index (χ4v) is 8.31. The van der Waals surface area contributed by atoms with Crippen molar-refractivity contribution in [3.63, 3.8) is 0 Å². The minimum atomic E-state index is 0. The second-order valence-corrected chi connectivity index (χ2v) is 13.2. The number of hydrogen-bond acceptors (Lipinski definition) is 6. The van der Waals surface area contributed by atoms with Crippen LogP contribution in [-0.2, 0) is 0 Å². The molecule has 4 aromatic rings. The van der Waals surface area contributed by atoms with Crippen LogP contribution in [0.15, 0.2) is 112 Å². The standard InChI is InChI=1S/C17H18N2S.C17H16N2S.ClH/c2*1-12-6-8-14(9-7-12)19-10-13-11-20-16-5-3-2-4-15(16)17(13)18-19;/h2-9,13,17-18H,10-11H2,1H3;2-9,13H,10-11H2,1H3;1H. The maximum absolute atomic E-state index is 4.89. The zero-order valence-electron chi connectivity index (χ0n) is 23.4. The number of benzene rings is 4. The Hall–Kier alpha value is -2.90. The molecule has 0 aliphatic carbocycles. The number of nitrogens with one attached hydrogen (secondary N) is 1. The van der Waals surface area contributed by atoms with Crippen molar-refractivity contribution < 1.29 is 0 Å². The van der Waals surface area contributed by atoms with Crippen molar-refractivity contribution >= 4 is 53.0 Å². The quantitative estimate of drug-likeness (QED) is 0.252. The Morgan fingerprint density at radius 3 is 2.10 bits per heavy atom. The van der Waals surface area contributed by atoms with E-state index in [2.05, 4.69) is 126 Å². The van der Waals surface area contributed by atoms with Crippen molar-refractivity contribution in [2.45, 2.75) is 29.7 Å². The summed E-state index contributed by atoms with van der Waals surface area (Å²) in [4.78, 5) is 2.81. The molecule has 1 saturated heterocycles. The van der Waals surface area contributed by atoms with Gasteiger partial charge in [-0.05, 0) is 55.8 Å². The van der Waals surface area contributed by atoms with Gasteiger partial charge < -0.3 is 5.01 Å². The summed E-state index contributed by atoms with van der Waals surface area (Å²) >= 11 is 3.96. The van der Waals surface area contributed by atoms with Crippen LogP contribution in [0.1, 0.15) is 28.3 Å². The lowest BCUT2D eigenvalue weighted by atomic mass is 9.96. The molecule has 4 heterocycles. The van der Waals surface area contributed by atoms with Crippen molar-refractivity contribution in [3.8, 4) is 0 Å². The Labute approximate surface area is 258 Å². The van der Waals surface area contributed by atoms with Crippen LogP contribution in [-0.4, -0.2) is 30.3 Å². The number of hydrazine groups is 1. The molecule has 3 unspecified atom stereocenters. The molecule has 0 bridgehead atoms. The Bertz CT molecular complexity index is 1540. The first-order valence-electron chi connectivity index (χ1n) is 14.1. The minimum absolute atomic E-state index is 0. The predicted molar refractivity (Wildman–Crippen MR) is 178 cm³/mol. The molecular formula is C34H35ClN4S2. The number of hydrogen-bond donors (Lipinski definition) is 1. The molecule has 1 N–H and O–H groups in total. The van der Waals surface area contributed by atoms with Crippen molar-refractivity contribution in [3.05, 3.63) is 119 Å². The average molecular weight is 599 g/mol. The van der Waals surface area contributed by atoms with Crippen LogP contribution >= 0.6 is 35.9 Å². The van der Waals surface area contributed by atoms with Crippen molar-refractivity contribution in [2.75, 3.05) is 34.6 Å². The van der Waals surface area contributed by atoms with Crippen LogP contribution in [0.2, 0.25) is 0 Å². The van der Waals surface area contributed by atoms with Crippen molar-refractivity contribution in [1.82, 2.24) is 5.43 Å². The Morgan fingerprint density at radius 2 is 1.34 bits per heavy atom. The number of halogens is 1. The van der Waals surface area contributed by atoms with E-state index in [1.54, 1.807) is 0 Å². The zero-order valence-corrected chi connectivity index (χ0v) is 25.8. The summed E-state index contributed by atoms with van der Waals surface area (Å²) in [5, 5.41) is 9.36. The van der Waals surface area contributed by atoms with Gasteiger partial charge in [-0.2, -0.15) is 5.10 Å². The highest BCUT2D eigenvalue weighted by molar-refractivity contribution is 7.99. The predicted octanol–water partition coefficient (Wildman–Crippen LogP) is 8.15. The molecule has 0 aromatic heterocycles. The Balaban J connectivity index is 0.000000144. The molecule has 210 valence electrons. The number of thioether (sulfide) groups is 2. The van der Waals surface area contributed by atoms with Gasteiger partial charge in [0.1, 0.15) is 0 Å². The second-order valence-electron chi connectivity index (χ2n) is 11.1. The van der Waals surface area contributed by atoms with Crippen LogP contribution in [0.5, 0.6) is 0 Å². The molecule has 0 spiro atoms. The summed E-state index contributed by atoms with van der Waals surface area (Å²) in [5.74, 6) is 3.59. The van der Waals surface area contributed by atoms with E-state index in [1.807, 2.05) is 23.5 Å². The summed E-state index contributed by atoms with van der Waals surface area (Å²) < 4.78 is 0. The van der Waals surface area contributed by atoms with E-state index in [9.17, 15) is 0 Å². The molecule has 1 fully saturated rings. The molecule has 4 aliphatic heterocycles. The third-order valence-electron chi connectivity index (χ3n) is 8.18. The largest absolute Gasteiger partial charge is 0.307 e. The highest BCUT2D eigenvalue weighted by Gasteiger charge is 2.37. The maximum Gasteiger partial charge on any atom is 0.0750 e. The molecule has 4 nitrogen and oxygen atoms in total. The molecule has 4 aliphatic rings. The first-order chi connectivity index (χ1) is 19.6. The van der Waals surface area contributed by atoms with Crippen LogP contribution in [0.4, 0.5) is 11.4 Å². The molecule has 0 radical (unpaired) electrons. The van der Waals surface area contributed by atoms with Gasteiger partial charge in [-0.15, -0.1) is 35.9 Å².